The third-order valence-electron chi connectivity index (χ3n) is 2.38. The number of benzene rings is 1. The quantitative estimate of drug-likeness (QED) is 0.853. The van der Waals surface area contributed by atoms with E-state index in [-0.39, 0.29) is 23.7 Å². The van der Waals surface area contributed by atoms with E-state index < -0.39 is 11.7 Å². The summed E-state index contributed by atoms with van der Waals surface area (Å²) in [6, 6.07) is 7.29. The Bertz CT molecular complexity index is 610. The van der Waals surface area contributed by atoms with Gasteiger partial charge < -0.3 is 10.5 Å². The fourth-order valence-corrected chi connectivity index (χ4v) is 2.17. The number of halogens is 1. The minimum absolute atomic E-state index is 0.0302. The van der Waals surface area contributed by atoms with Gasteiger partial charge >= 0.3 is 0 Å². The number of rotatable bonds is 5. The number of amides is 1. The molecule has 0 aliphatic carbocycles. The number of primary amides is 1. The molecule has 4 nitrogen and oxygen atoms in total. The lowest BCUT2D eigenvalue weighted by Gasteiger charge is -2.08. The molecule has 2 N–H and O–H groups in total. The highest BCUT2D eigenvalue weighted by Crippen LogP contribution is 2.21. The third kappa shape index (κ3) is 2.97. The Balaban J connectivity index is 2.14. The Morgan fingerprint density at radius 3 is 2.68 bits per heavy atom. The van der Waals surface area contributed by atoms with Gasteiger partial charge in [-0.3, -0.25) is 9.59 Å². The number of hydrogen-bond donors (Lipinski definition) is 1. The van der Waals surface area contributed by atoms with Crippen molar-refractivity contribution in [3.63, 3.8) is 0 Å². The van der Waals surface area contributed by atoms with Crippen LogP contribution in [0.2, 0.25) is 0 Å². The zero-order valence-electron chi connectivity index (χ0n) is 9.76. The average molecular weight is 279 g/mol. The van der Waals surface area contributed by atoms with Gasteiger partial charge in [0.1, 0.15) is 17.1 Å². The second kappa shape index (κ2) is 5.62. The minimum atomic E-state index is -0.934. The van der Waals surface area contributed by atoms with Gasteiger partial charge in [-0.1, -0.05) is 12.1 Å². The molecule has 19 heavy (non-hydrogen) atoms. The van der Waals surface area contributed by atoms with Crippen molar-refractivity contribution in [2.24, 2.45) is 5.73 Å². The normalized spacial score (nSPS) is 10.2. The van der Waals surface area contributed by atoms with Crippen LogP contribution in [0.25, 0.3) is 0 Å². The molecule has 0 saturated carbocycles. The molecule has 0 spiro atoms. The molecule has 0 unspecified atom stereocenters. The summed E-state index contributed by atoms with van der Waals surface area (Å²) < 4.78 is 18.6. The Morgan fingerprint density at radius 1 is 1.26 bits per heavy atom. The lowest BCUT2D eigenvalue weighted by molar-refractivity contribution is 0.0914. The zero-order chi connectivity index (χ0) is 13.8. The molecule has 0 aliphatic heterocycles. The van der Waals surface area contributed by atoms with Crippen LogP contribution in [-0.4, -0.2) is 18.3 Å². The van der Waals surface area contributed by atoms with Gasteiger partial charge in [0.15, 0.2) is 6.61 Å². The average Bonchev–Trinajstić information content (AvgIpc) is 2.89. The van der Waals surface area contributed by atoms with Crippen molar-refractivity contribution in [1.82, 2.24) is 0 Å². The number of thiophene rings is 1. The Hall–Kier alpha value is -2.21. The number of carbonyl (C=O) groups is 2. The number of Topliss-reactive ketones (excluding diaryl/α,β-unsaturated/α-hetero) is 1. The van der Waals surface area contributed by atoms with Crippen LogP contribution >= 0.6 is 11.3 Å². The summed E-state index contributed by atoms with van der Waals surface area (Å²) in [4.78, 5) is 23.4. The van der Waals surface area contributed by atoms with E-state index in [1.807, 2.05) is 0 Å². The van der Waals surface area contributed by atoms with Crippen LogP contribution in [0.3, 0.4) is 0 Å². The molecule has 1 amide bonds. The summed E-state index contributed by atoms with van der Waals surface area (Å²) >= 11 is 1.28. The molecule has 0 radical (unpaired) electrons. The molecule has 0 atom stereocenters. The number of ketones is 1. The van der Waals surface area contributed by atoms with Crippen molar-refractivity contribution in [2.45, 2.75) is 0 Å². The van der Waals surface area contributed by atoms with E-state index in [0.717, 1.165) is 6.07 Å². The standard InChI is InChI=1S/C13H10FNO3S/c14-8-3-1-4-10(12(8)13(15)17)18-7-9(16)11-5-2-6-19-11/h1-6H,7H2,(H2,15,17). The van der Waals surface area contributed by atoms with Gasteiger partial charge in [-0.25, -0.2) is 4.39 Å². The van der Waals surface area contributed by atoms with Crippen molar-refractivity contribution >= 4 is 23.0 Å². The number of carbonyl (C=O) groups excluding carboxylic acids is 2. The van der Waals surface area contributed by atoms with Crippen molar-refractivity contribution in [3.05, 3.63) is 52.0 Å². The molecular weight excluding hydrogens is 269 g/mol. The fourth-order valence-electron chi connectivity index (χ4n) is 1.52. The zero-order valence-corrected chi connectivity index (χ0v) is 10.6. The van der Waals surface area contributed by atoms with Crippen LogP contribution in [0.5, 0.6) is 5.75 Å². The lowest BCUT2D eigenvalue weighted by atomic mass is 10.2. The van der Waals surface area contributed by atoms with E-state index in [1.165, 1.54) is 23.5 Å². The molecule has 1 aromatic heterocycles. The Labute approximate surface area is 112 Å². The fraction of sp³-hybridized carbons (Fsp3) is 0.0769. The first-order chi connectivity index (χ1) is 9.09. The molecule has 2 rings (SSSR count). The maximum absolute atomic E-state index is 13.4. The molecule has 0 aliphatic rings. The van der Waals surface area contributed by atoms with Crippen LogP contribution in [0.4, 0.5) is 4.39 Å². The number of nitrogens with two attached hydrogens (primary N) is 1. The molecule has 1 heterocycles. The van der Waals surface area contributed by atoms with E-state index in [0.29, 0.717) is 4.88 Å². The summed E-state index contributed by atoms with van der Waals surface area (Å²) in [5.41, 5.74) is 4.73. The first-order valence-electron chi connectivity index (χ1n) is 5.37. The monoisotopic (exact) mass is 279 g/mol. The van der Waals surface area contributed by atoms with Gasteiger partial charge in [-0.05, 0) is 23.6 Å². The maximum Gasteiger partial charge on any atom is 0.255 e. The first-order valence-corrected chi connectivity index (χ1v) is 6.25. The second-order valence-corrected chi connectivity index (χ2v) is 4.61. The predicted octanol–water partition coefficient (Wildman–Crippen LogP) is 2.25. The summed E-state index contributed by atoms with van der Waals surface area (Å²) in [6.45, 7) is -0.274. The summed E-state index contributed by atoms with van der Waals surface area (Å²) in [7, 11) is 0. The second-order valence-electron chi connectivity index (χ2n) is 3.67. The third-order valence-corrected chi connectivity index (χ3v) is 3.29. The highest BCUT2D eigenvalue weighted by molar-refractivity contribution is 7.12. The van der Waals surface area contributed by atoms with Gasteiger partial charge in [0, 0.05) is 0 Å². The van der Waals surface area contributed by atoms with E-state index in [2.05, 4.69) is 0 Å². The van der Waals surface area contributed by atoms with E-state index in [9.17, 15) is 14.0 Å². The number of hydrogen-bond acceptors (Lipinski definition) is 4. The SMILES string of the molecule is NC(=O)c1c(F)cccc1OCC(=O)c1cccs1. The van der Waals surface area contributed by atoms with Crippen LogP contribution in [0.1, 0.15) is 20.0 Å². The van der Waals surface area contributed by atoms with Gasteiger partial charge in [-0.2, -0.15) is 0 Å². The molecule has 98 valence electrons. The van der Waals surface area contributed by atoms with Crippen molar-refractivity contribution in [2.75, 3.05) is 6.61 Å². The largest absolute Gasteiger partial charge is 0.484 e. The van der Waals surface area contributed by atoms with Gasteiger partial charge in [0.05, 0.1) is 4.88 Å². The van der Waals surface area contributed by atoms with E-state index in [4.69, 9.17) is 10.5 Å². The molecule has 6 heteroatoms. The summed E-state index contributed by atoms with van der Waals surface area (Å²) in [6.07, 6.45) is 0. The van der Waals surface area contributed by atoms with Crippen LogP contribution in [-0.2, 0) is 0 Å². The minimum Gasteiger partial charge on any atom is -0.484 e. The molecular formula is C13H10FNO3S. The Morgan fingerprint density at radius 2 is 2.05 bits per heavy atom. The maximum atomic E-state index is 13.4. The smallest absolute Gasteiger partial charge is 0.255 e. The van der Waals surface area contributed by atoms with E-state index >= 15 is 0 Å². The van der Waals surface area contributed by atoms with E-state index in [1.54, 1.807) is 17.5 Å². The first kappa shape index (κ1) is 13.2. The molecule has 0 bridgehead atoms. The van der Waals surface area contributed by atoms with Crippen molar-refractivity contribution < 1.29 is 18.7 Å². The van der Waals surface area contributed by atoms with Gasteiger partial charge in [0.25, 0.3) is 5.91 Å². The van der Waals surface area contributed by atoms with Crippen LogP contribution < -0.4 is 10.5 Å². The molecule has 2 aromatic rings. The van der Waals surface area contributed by atoms with Gasteiger partial charge in [0.2, 0.25) is 5.78 Å². The van der Waals surface area contributed by atoms with Crippen LogP contribution in [0.15, 0.2) is 35.7 Å². The van der Waals surface area contributed by atoms with Gasteiger partial charge in [-0.15, -0.1) is 11.3 Å². The van der Waals surface area contributed by atoms with Crippen molar-refractivity contribution in [1.29, 1.82) is 0 Å². The summed E-state index contributed by atoms with van der Waals surface area (Å²) in [5.74, 6) is -1.97. The lowest BCUT2D eigenvalue weighted by Crippen LogP contribution is -2.17. The number of ether oxygens (including phenoxy) is 1. The molecule has 1 aromatic carbocycles. The molecule has 0 saturated heterocycles. The molecule has 0 fully saturated rings. The van der Waals surface area contributed by atoms with Crippen molar-refractivity contribution in [3.8, 4) is 5.75 Å². The highest BCUT2D eigenvalue weighted by atomic mass is 32.1. The Kier molecular flexibility index (Phi) is 3.91. The summed E-state index contributed by atoms with van der Waals surface area (Å²) in [5, 5.41) is 1.77. The highest BCUT2D eigenvalue weighted by Gasteiger charge is 2.16. The topological polar surface area (TPSA) is 69.4 Å². The van der Waals surface area contributed by atoms with Crippen LogP contribution in [0, 0.1) is 5.82 Å². The predicted molar refractivity (Wildman–Crippen MR) is 69.1 cm³/mol.